The van der Waals surface area contributed by atoms with Gasteiger partial charge in [0, 0.05) is 17.2 Å². The first-order valence-electron chi connectivity index (χ1n) is 7.28. The summed E-state index contributed by atoms with van der Waals surface area (Å²) in [6.07, 6.45) is 4.04. The fraction of sp³-hybridized carbons (Fsp3) is 0. The van der Waals surface area contributed by atoms with Crippen LogP contribution in [0, 0.1) is 34.9 Å². The van der Waals surface area contributed by atoms with Gasteiger partial charge in [-0.15, -0.1) is 0 Å². The lowest BCUT2D eigenvalue weighted by Crippen LogP contribution is -1.94. The van der Waals surface area contributed by atoms with Gasteiger partial charge in [0.15, 0.2) is 40.7 Å². The zero-order valence-electron chi connectivity index (χ0n) is 13.3. The van der Waals surface area contributed by atoms with Gasteiger partial charge in [-0.1, -0.05) is 0 Å². The summed E-state index contributed by atoms with van der Waals surface area (Å²) in [6.45, 7) is 0. The maximum atomic E-state index is 13.4. The van der Waals surface area contributed by atoms with Gasteiger partial charge in [0.2, 0.25) is 0 Å². The van der Waals surface area contributed by atoms with Crippen molar-refractivity contribution < 1.29 is 36.2 Å². The number of halogens is 6. The highest BCUT2D eigenvalue weighted by atomic mass is 19.2. The molecule has 0 aromatic heterocycles. The van der Waals surface area contributed by atoms with Gasteiger partial charge in [-0.2, -0.15) is 0 Å². The number of allylic oxidation sites excluding steroid dienone is 3. The van der Waals surface area contributed by atoms with Crippen molar-refractivity contribution in [3.63, 3.8) is 0 Å². The highest BCUT2D eigenvalue weighted by Gasteiger charge is 2.12. The van der Waals surface area contributed by atoms with E-state index in [1.54, 1.807) is 0 Å². The summed E-state index contributed by atoms with van der Waals surface area (Å²) >= 11 is 0. The van der Waals surface area contributed by atoms with Crippen LogP contribution in [0.5, 0.6) is 0 Å². The molecule has 0 aliphatic heterocycles. The van der Waals surface area contributed by atoms with E-state index in [1.165, 1.54) is 0 Å². The van der Waals surface area contributed by atoms with Crippen LogP contribution in [0.3, 0.4) is 0 Å². The third-order valence-electron chi connectivity index (χ3n) is 3.28. The van der Waals surface area contributed by atoms with Gasteiger partial charge < -0.3 is 5.11 Å². The molecule has 0 saturated carbocycles. The Hall–Kier alpha value is -3.29. The molecule has 8 heteroatoms. The van der Waals surface area contributed by atoms with E-state index in [0.717, 1.165) is 36.4 Å². The molecule has 0 aliphatic rings. The summed E-state index contributed by atoms with van der Waals surface area (Å²) in [5.41, 5.74) is -0.768. The Morgan fingerprint density at radius 2 is 1.15 bits per heavy atom. The summed E-state index contributed by atoms with van der Waals surface area (Å²) in [7, 11) is 0. The Morgan fingerprint density at radius 3 is 1.63 bits per heavy atom. The molecule has 2 rings (SSSR count). The minimum atomic E-state index is -1.69. The second-order valence-corrected chi connectivity index (χ2v) is 5.17. The molecule has 0 amide bonds. The van der Waals surface area contributed by atoms with Crippen LogP contribution >= 0.6 is 0 Å². The van der Waals surface area contributed by atoms with Crippen molar-refractivity contribution in [3.8, 4) is 0 Å². The zero-order valence-corrected chi connectivity index (χ0v) is 13.3. The topological polar surface area (TPSA) is 37.3 Å². The van der Waals surface area contributed by atoms with Crippen LogP contribution < -0.4 is 0 Å². The second-order valence-electron chi connectivity index (χ2n) is 5.17. The van der Waals surface area contributed by atoms with E-state index >= 15 is 0 Å². The molecule has 0 bridgehead atoms. The van der Waals surface area contributed by atoms with Crippen LogP contribution in [0.15, 0.2) is 48.3 Å². The molecule has 0 fully saturated rings. The average molecular weight is 384 g/mol. The first-order valence-corrected chi connectivity index (χ1v) is 7.28. The van der Waals surface area contributed by atoms with Gasteiger partial charge in [-0.3, -0.25) is 4.79 Å². The quantitative estimate of drug-likeness (QED) is 0.251. The first kappa shape index (κ1) is 20.0. The van der Waals surface area contributed by atoms with E-state index in [2.05, 4.69) is 0 Å². The predicted molar refractivity (Wildman–Crippen MR) is 86.4 cm³/mol. The molecule has 2 aromatic carbocycles. The predicted octanol–water partition coefficient (Wildman–Crippen LogP) is 5.26. The van der Waals surface area contributed by atoms with Gasteiger partial charge >= 0.3 is 0 Å². The number of carbonyl (C=O) groups is 1. The van der Waals surface area contributed by atoms with Crippen LogP contribution in [0.4, 0.5) is 26.3 Å². The van der Waals surface area contributed by atoms with Gasteiger partial charge in [0.1, 0.15) is 5.76 Å². The molecule has 2 aromatic rings. The van der Waals surface area contributed by atoms with Crippen molar-refractivity contribution >= 4 is 17.9 Å². The maximum absolute atomic E-state index is 13.4. The van der Waals surface area contributed by atoms with Crippen molar-refractivity contribution in [2.24, 2.45) is 0 Å². The third-order valence-corrected chi connectivity index (χ3v) is 3.28. The highest BCUT2D eigenvalue weighted by Crippen LogP contribution is 2.18. The molecular weight excluding hydrogens is 374 g/mol. The number of carbonyl (C=O) groups excluding carboxylic acids is 1. The highest BCUT2D eigenvalue weighted by molar-refractivity contribution is 6.02. The number of aliphatic hydroxyl groups is 1. The smallest absolute Gasteiger partial charge is 0.195 e. The van der Waals surface area contributed by atoms with Crippen LogP contribution in [0.1, 0.15) is 11.1 Å². The van der Waals surface area contributed by atoms with Crippen molar-refractivity contribution in [2.75, 3.05) is 0 Å². The number of hydrogen-bond acceptors (Lipinski definition) is 2. The number of benzene rings is 2. The van der Waals surface area contributed by atoms with Gasteiger partial charge in [0.05, 0.1) is 0 Å². The van der Waals surface area contributed by atoms with E-state index in [9.17, 15) is 36.2 Å². The number of ketones is 1. The molecule has 27 heavy (non-hydrogen) atoms. The molecule has 1 N–H and O–H groups in total. The van der Waals surface area contributed by atoms with Crippen LogP contribution in [0.2, 0.25) is 0 Å². The van der Waals surface area contributed by atoms with Crippen LogP contribution in [-0.2, 0) is 4.79 Å². The van der Waals surface area contributed by atoms with Crippen LogP contribution in [0.25, 0.3) is 12.2 Å². The molecule has 0 radical (unpaired) electrons. The summed E-state index contributed by atoms with van der Waals surface area (Å²) in [5, 5.41) is 9.57. The minimum Gasteiger partial charge on any atom is -0.508 e. The van der Waals surface area contributed by atoms with Crippen LogP contribution in [-0.4, -0.2) is 10.9 Å². The summed E-state index contributed by atoms with van der Waals surface area (Å²) in [6, 6.07) is 3.19. The number of rotatable bonds is 5. The monoisotopic (exact) mass is 384 g/mol. The van der Waals surface area contributed by atoms with Crippen molar-refractivity contribution in [1.29, 1.82) is 0 Å². The molecule has 0 saturated heterocycles. The average Bonchev–Trinajstić information content (AvgIpc) is 2.63. The Bertz CT molecular complexity index is 977. The minimum absolute atomic E-state index is 0.374. The molecule has 0 atom stereocenters. The van der Waals surface area contributed by atoms with E-state index in [4.69, 9.17) is 0 Å². The molecule has 0 aliphatic carbocycles. The normalized spacial score (nSPS) is 12.3. The largest absolute Gasteiger partial charge is 0.508 e. The molecular formula is C19H10F6O2. The fourth-order valence-electron chi connectivity index (χ4n) is 1.93. The SMILES string of the molecule is O=C(C=C(O)/C=C/c1ccc(F)c(F)c1F)/C=C/c1ccc(F)c(F)c1F. The lowest BCUT2D eigenvalue weighted by molar-refractivity contribution is -0.110. The first-order chi connectivity index (χ1) is 12.7. The Balaban J connectivity index is 2.13. The third kappa shape index (κ3) is 4.87. The Kier molecular flexibility index (Phi) is 6.23. The van der Waals surface area contributed by atoms with Crippen molar-refractivity contribution in [2.45, 2.75) is 0 Å². The lowest BCUT2D eigenvalue weighted by atomic mass is 10.1. The van der Waals surface area contributed by atoms with Gasteiger partial charge in [-0.25, -0.2) is 26.3 Å². The fourth-order valence-corrected chi connectivity index (χ4v) is 1.93. The maximum Gasteiger partial charge on any atom is 0.195 e. The summed E-state index contributed by atoms with van der Waals surface area (Å²) < 4.78 is 78.6. The number of hydrogen-bond donors (Lipinski definition) is 1. The zero-order chi connectivity index (χ0) is 20.1. The van der Waals surface area contributed by atoms with E-state index < -0.39 is 52.0 Å². The van der Waals surface area contributed by atoms with Crippen molar-refractivity contribution in [3.05, 3.63) is 94.3 Å². The Labute approximate surface area is 149 Å². The molecule has 0 heterocycles. The van der Waals surface area contributed by atoms with Crippen molar-refractivity contribution in [1.82, 2.24) is 0 Å². The Morgan fingerprint density at radius 1 is 0.704 bits per heavy atom. The van der Waals surface area contributed by atoms with E-state index in [0.29, 0.717) is 18.2 Å². The molecule has 0 spiro atoms. The number of aliphatic hydroxyl groups excluding tert-OH is 1. The summed E-state index contributed by atoms with van der Waals surface area (Å²) in [5.74, 6) is -10.6. The molecule has 0 unspecified atom stereocenters. The second kappa shape index (κ2) is 8.39. The van der Waals surface area contributed by atoms with Gasteiger partial charge in [0.25, 0.3) is 0 Å². The molecule has 2 nitrogen and oxygen atoms in total. The standard InChI is InChI=1S/C19H10F6O2/c20-14-7-3-10(16(22)18(14)24)1-5-12(26)9-13(27)6-2-11-4-8-15(21)19(25)17(11)23/h1-9,26H/b5-1+,6-2+,12-9?. The molecule has 140 valence electrons. The summed E-state index contributed by atoms with van der Waals surface area (Å²) in [4.78, 5) is 11.6. The van der Waals surface area contributed by atoms with Gasteiger partial charge in [-0.05, 0) is 48.6 Å². The van der Waals surface area contributed by atoms with E-state index in [1.807, 2.05) is 0 Å². The lowest BCUT2D eigenvalue weighted by Gasteiger charge is -1.99. The van der Waals surface area contributed by atoms with E-state index in [-0.39, 0.29) is 5.56 Å².